The molecule has 29 heavy (non-hydrogen) atoms. The van der Waals surface area contributed by atoms with Crippen molar-refractivity contribution in [1.82, 2.24) is 20.3 Å². The highest BCUT2D eigenvalue weighted by Crippen LogP contribution is 2.24. The van der Waals surface area contributed by atoms with Gasteiger partial charge in [-0.3, -0.25) is 14.6 Å². The summed E-state index contributed by atoms with van der Waals surface area (Å²) in [5.74, 6) is -0.268. The Bertz CT molecular complexity index is 1020. The predicted octanol–water partition coefficient (Wildman–Crippen LogP) is 2.66. The van der Waals surface area contributed by atoms with Gasteiger partial charge < -0.3 is 19.8 Å². The molecule has 8 nitrogen and oxygen atoms in total. The van der Waals surface area contributed by atoms with Gasteiger partial charge in [0.2, 0.25) is 11.8 Å². The Labute approximate surface area is 167 Å². The molecule has 3 aromatic rings. The van der Waals surface area contributed by atoms with E-state index in [-0.39, 0.29) is 12.1 Å². The lowest BCUT2D eigenvalue weighted by molar-refractivity contribution is -0.118. The van der Waals surface area contributed by atoms with Gasteiger partial charge >= 0.3 is 0 Å². The second kappa shape index (κ2) is 8.30. The molecule has 0 radical (unpaired) electrons. The summed E-state index contributed by atoms with van der Waals surface area (Å²) in [5, 5.41) is 3.62. The van der Waals surface area contributed by atoms with Crippen LogP contribution < -0.4 is 14.8 Å². The maximum absolute atomic E-state index is 12.6. The summed E-state index contributed by atoms with van der Waals surface area (Å²) >= 11 is 0. The molecule has 4 rings (SSSR count). The first kappa shape index (κ1) is 18.9. The average molecular weight is 394 g/mol. The van der Waals surface area contributed by atoms with Crippen LogP contribution in [0.25, 0.3) is 10.9 Å². The van der Waals surface area contributed by atoms with Crippen molar-refractivity contribution >= 4 is 22.6 Å². The molecule has 150 valence electrons. The minimum Gasteiger partial charge on any atom is -0.480 e. The van der Waals surface area contributed by atoms with Gasteiger partial charge in [0, 0.05) is 23.1 Å². The number of carbonyl (C=O) groups excluding carboxylic acids is 2. The summed E-state index contributed by atoms with van der Waals surface area (Å²) in [4.78, 5) is 36.3. The smallest absolute Gasteiger partial charge is 0.292 e. The van der Waals surface area contributed by atoms with E-state index in [9.17, 15) is 9.59 Å². The van der Waals surface area contributed by atoms with E-state index in [1.165, 1.54) is 13.3 Å². The Kier molecular flexibility index (Phi) is 5.41. The van der Waals surface area contributed by atoms with Crippen molar-refractivity contribution in [2.24, 2.45) is 0 Å². The largest absolute Gasteiger partial charge is 0.480 e. The number of benzene rings is 1. The number of aromatic nitrogens is 3. The number of rotatable bonds is 6. The molecule has 0 saturated heterocycles. The van der Waals surface area contributed by atoms with Crippen LogP contribution >= 0.6 is 0 Å². The Morgan fingerprint density at radius 3 is 2.66 bits per heavy atom. The van der Waals surface area contributed by atoms with Crippen molar-refractivity contribution in [3.63, 3.8) is 0 Å². The number of Topliss-reactive ketones (excluding diaryl/α,β-unsaturated/α-hetero) is 1. The number of amides is 1. The number of aromatic amines is 1. The van der Waals surface area contributed by atoms with E-state index < -0.39 is 11.7 Å². The third kappa shape index (κ3) is 4.21. The fourth-order valence-electron chi connectivity index (χ4n) is 3.61. The zero-order chi connectivity index (χ0) is 20.2. The summed E-state index contributed by atoms with van der Waals surface area (Å²) < 4.78 is 10.9. The van der Waals surface area contributed by atoms with E-state index in [4.69, 9.17) is 9.47 Å². The second-order valence-electron chi connectivity index (χ2n) is 7.04. The lowest BCUT2D eigenvalue weighted by Gasteiger charge is -2.28. The van der Waals surface area contributed by atoms with Crippen LogP contribution in [0.5, 0.6) is 11.8 Å². The minimum atomic E-state index is -0.571. The number of ketones is 1. The third-order valence-electron chi connectivity index (χ3n) is 5.14. The molecule has 2 heterocycles. The Hall–Kier alpha value is -3.42. The maximum atomic E-state index is 12.6. The van der Waals surface area contributed by atoms with Crippen LogP contribution in [0.2, 0.25) is 0 Å². The van der Waals surface area contributed by atoms with Gasteiger partial charge in [0.15, 0.2) is 0 Å². The van der Waals surface area contributed by atoms with E-state index in [1.807, 2.05) is 24.3 Å². The molecule has 0 unspecified atom stereocenters. The van der Waals surface area contributed by atoms with Gasteiger partial charge in [-0.25, -0.2) is 0 Å². The summed E-state index contributed by atoms with van der Waals surface area (Å²) in [6.07, 6.45) is 7.63. The van der Waals surface area contributed by atoms with E-state index >= 15 is 0 Å². The van der Waals surface area contributed by atoms with Crippen LogP contribution in [0, 0.1) is 0 Å². The van der Waals surface area contributed by atoms with Crippen molar-refractivity contribution < 1.29 is 19.1 Å². The molecule has 1 fully saturated rings. The molecule has 2 aromatic heterocycles. The lowest BCUT2D eigenvalue weighted by atomic mass is 9.92. The summed E-state index contributed by atoms with van der Waals surface area (Å²) in [7, 11) is 1.53. The lowest BCUT2D eigenvalue weighted by Crippen LogP contribution is -2.42. The van der Waals surface area contributed by atoms with Gasteiger partial charge in [0.05, 0.1) is 25.1 Å². The van der Waals surface area contributed by atoms with Gasteiger partial charge in [-0.1, -0.05) is 18.2 Å². The van der Waals surface area contributed by atoms with Gasteiger partial charge in [-0.15, -0.1) is 0 Å². The number of hydrogen-bond donors (Lipinski definition) is 2. The molecule has 0 bridgehead atoms. The van der Waals surface area contributed by atoms with Crippen molar-refractivity contribution in [3.05, 3.63) is 48.4 Å². The topological polar surface area (TPSA) is 106 Å². The highest BCUT2D eigenvalue weighted by Gasteiger charge is 2.27. The Morgan fingerprint density at radius 2 is 1.86 bits per heavy atom. The molecule has 8 heteroatoms. The molecular weight excluding hydrogens is 372 g/mol. The Morgan fingerprint density at radius 1 is 1.10 bits per heavy atom. The minimum absolute atomic E-state index is 0.00567. The molecule has 1 aliphatic rings. The molecule has 2 N–H and O–H groups in total. The van der Waals surface area contributed by atoms with Crippen LogP contribution in [-0.2, 0) is 4.79 Å². The number of nitrogens with zero attached hydrogens (tertiary/aromatic N) is 2. The molecule has 0 atom stereocenters. The van der Waals surface area contributed by atoms with Crippen molar-refractivity contribution in [2.75, 3.05) is 7.11 Å². The number of methoxy groups -OCH3 is 1. The third-order valence-corrected chi connectivity index (χ3v) is 5.14. The molecular formula is C21H22N4O4. The zero-order valence-electron chi connectivity index (χ0n) is 16.1. The van der Waals surface area contributed by atoms with Gasteiger partial charge in [-0.05, 0) is 31.7 Å². The van der Waals surface area contributed by atoms with Crippen LogP contribution in [0.3, 0.4) is 0 Å². The number of para-hydroxylation sites is 1. The van der Waals surface area contributed by atoms with Crippen molar-refractivity contribution in [3.8, 4) is 11.8 Å². The second-order valence-corrected chi connectivity index (χ2v) is 7.04. The number of carbonyl (C=O) groups is 2. The van der Waals surface area contributed by atoms with Gasteiger partial charge in [-0.2, -0.15) is 4.98 Å². The normalized spacial score (nSPS) is 18.9. The fourth-order valence-corrected chi connectivity index (χ4v) is 3.61. The molecule has 1 amide bonds. The molecule has 0 aliphatic heterocycles. The standard InChI is InChI=1S/C21H22N4O4/c1-28-18-11-22-12-19(25-18)29-14-8-6-13(7-9-14)24-21(27)20(26)16-10-23-17-5-3-2-4-15(16)17/h2-5,10-14,23H,6-9H2,1H3,(H,24,27). The fraction of sp³-hybridized carbons (Fsp3) is 0.333. The predicted molar refractivity (Wildman–Crippen MR) is 106 cm³/mol. The first-order chi connectivity index (χ1) is 14.1. The maximum Gasteiger partial charge on any atom is 0.292 e. The van der Waals surface area contributed by atoms with Crippen LogP contribution in [-0.4, -0.2) is 45.9 Å². The van der Waals surface area contributed by atoms with E-state index in [1.54, 1.807) is 12.4 Å². The summed E-state index contributed by atoms with van der Waals surface area (Å²) in [6, 6.07) is 7.38. The van der Waals surface area contributed by atoms with E-state index in [0.29, 0.717) is 17.3 Å². The molecule has 0 spiro atoms. The number of H-pyrrole nitrogens is 1. The first-order valence-corrected chi connectivity index (χ1v) is 9.58. The van der Waals surface area contributed by atoms with E-state index in [0.717, 1.165) is 36.6 Å². The highest BCUT2D eigenvalue weighted by molar-refractivity contribution is 6.45. The number of hydrogen-bond acceptors (Lipinski definition) is 6. The SMILES string of the molecule is COc1cncc(OC2CCC(NC(=O)C(=O)c3c[nH]c4ccccc34)CC2)n1. The Balaban J connectivity index is 1.31. The van der Waals surface area contributed by atoms with Crippen LogP contribution in [0.1, 0.15) is 36.0 Å². The van der Waals surface area contributed by atoms with Gasteiger partial charge in [0.25, 0.3) is 11.7 Å². The zero-order valence-corrected chi connectivity index (χ0v) is 16.1. The first-order valence-electron chi connectivity index (χ1n) is 9.58. The summed E-state index contributed by atoms with van der Waals surface area (Å²) in [6.45, 7) is 0. The molecule has 1 aromatic carbocycles. The van der Waals surface area contributed by atoms with E-state index in [2.05, 4.69) is 20.3 Å². The highest BCUT2D eigenvalue weighted by atomic mass is 16.5. The summed E-state index contributed by atoms with van der Waals surface area (Å²) in [5.41, 5.74) is 1.23. The number of fused-ring (bicyclic) bond motifs is 1. The van der Waals surface area contributed by atoms with Crippen LogP contribution in [0.15, 0.2) is 42.9 Å². The van der Waals surface area contributed by atoms with Crippen LogP contribution in [0.4, 0.5) is 0 Å². The number of nitrogens with one attached hydrogen (secondary N) is 2. The molecule has 1 aliphatic carbocycles. The number of ether oxygens (including phenoxy) is 2. The monoisotopic (exact) mass is 394 g/mol. The quantitative estimate of drug-likeness (QED) is 0.492. The molecule has 1 saturated carbocycles. The van der Waals surface area contributed by atoms with Crippen molar-refractivity contribution in [1.29, 1.82) is 0 Å². The average Bonchev–Trinajstić information content (AvgIpc) is 3.19. The van der Waals surface area contributed by atoms with Gasteiger partial charge in [0.1, 0.15) is 6.10 Å². The van der Waals surface area contributed by atoms with Crippen molar-refractivity contribution in [2.45, 2.75) is 37.8 Å².